The van der Waals surface area contributed by atoms with Gasteiger partial charge in [0.25, 0.3) is 0 Å². The lowest BCUT2D eigenvalue weighted by Crippen LogP contribution is -2.26. The van der Waals surface area contributed by atoms with Crippen LogP contribution in [0.2, 0.25) is 5.02 Å². The Hall–Kier alpha value is -0.780. The summed E-state index contributed by atoms with van der Waals surface area (Å²) in [6.07, 6.45) is 2.33. The maximum atomic E-state index is 11.3. The van der Waals surface area contributed by atoms with Crippen molar-refractivity contribution in [1.29, 1.82) is 0 Å². The van der Waals surface area contributed by atoms with E-state index < -0.39 is 9.84 Å². The van der Waals surface area contributed by atoms with Gasteiger partial charge in [-0.15, -0.1) is 0 Å². The molecule has 1 N–H and O–H groups in total. The Bertz CT molecular complexity index is 532. The quantitative estimate of drug-likeness (QED) is 0.747. The molecule has 0 bridgehead atoms. The Kier molecular flexibility index (Phi) is 6.79. The van der Waals surface area contributed by atoms with E-state index in [0.717, 1.165) is 30.8 Å². The molecule has 0 aliphatic carbocycles. The van der Waals surface area contributed by atoms with Gasteiger partial charge in [-0.2, -0.15) is 0 Å². The minimum atomic E-state index is -2.96. The van der Waals surface area contributed by atoms with Crippen LogP contribution in [0.15, 0.2) is 18.2 Å². The third kappa shape index (κ3) is 6.11. The van der Waals surface area contributed by atoms with Crippen molar-refractivity contribution in [3.05, 3.63) is 28.8 Å². The lowest BCUT2D eigenvalue weighted by molar-refractivity contribution is 0.601. The molecule has 20 heavy (non-hydrogen) atoms. The van der Waals surface area contributed by atoms with Crippen LogP contribution in [0.3, 0.4) is 0 Å². The van der Waals surface area contributed by atoms with Gasteiger partial charge in [-0.05, 0) is 30.7 Å². The Morgan fingerprint density at radius 3 is 2.65 bits per heavy atom. The Morgan fingerprint density at radius 1 is 1.35 bits per heavy atom. The van der Waals surface area contributed by atoms with E-state index in [0.29, 0.717) is 11.6 Å². The highest BCUT2D eigenvalue weighted by atomic mass is 35.5. The zero-order valence-electron chi connectivity index (χ0n) is 12.3. The van der Waals surface area contributed by atoms with Crippen LogP contribution in [0.4, 0.5) is 5.69 Å². The normalized spacial score (nSPS) is 11.6. The average Bonchev–Trinajstić information content (AvgIpc) is 2.37. The molecule has 4 nitrogen and oxygen atoms in total. The molecule has 0 saturated heterocycles. The molecular formula is C14H23ClN2O2S. The van der Waals surface area contributed by atoms with E-state index in [1.807, 2.05) is 30.1 Å². The minimum absolute atomic E-state index is 0.137. The molecule has 1 aromatic carbocycles. The number of benzene rings is 1. The van der Waals surface area contributed by atoms with Gasteiger partial charge in [-0.1, -0.05) is 24.6 Å². The minimum Gasteiger partial charge on any atom is -0.373 e. The first-order valence-corrected chi connectivity index (χ1v) is 9.15. The molecule has 114 valence electrons. The first-order chi connectivity index (χ1) is 9.33. The van der Waals surface area contributed by atoms with Crippen molar-refractivity contribution in [2.45, 2.75) is 19.9 Å². The topological polar surface area (TPSA) is 49.4 Å². The summed E-state index contributed by atoms with van der Waals surface area (Å²) >= 11 is 6.05. The highest BCUT2D eigenvalue weighted by molar-refractivity contribution is 7.90. The van der Waals surface area contributed by atoms with Crippen molar-refractivity contribution in [3.8, 4) is 0 Å². The summed E-state index contributed by atoms with van der Waals surface area (Å²) < 4.78 is 22.5. The summed E-state index contributed by atoms with van der Waals surface area (Å²) in [6, 6.07) is 5.72. The van der Waals surface area contributed by atoms with Crippen LogP contribution in [-0.4, -0.2) is 40.6 Å². The van der Waals surface area contributed by atoms with Gasteiger partial charge in [0.1, 0.15) is 9.84 Å². The second kappa shape index (κ2) is 7.86. The Labute approximate surface area is 127 Å². The van der Waals surface area contributed by atoms with Gasteiger partial charge >= 0.3 is 0 Å². The molecule has 1 rings (SSSR count). The fraction of sp³-hybridized carbons (Fsp3) is 0.571. The number of halogens is 1. The molecule has 0 unspecified atom stereocenters. The van der Waals surface area contributed by atoms with E-state index in [9.17, 15) is 8.42 Å². The third-order valence-corrected chi connectivity index (χ3v) is 4.16. The van der Waals surface area contributed by atoms with Crippen LogP contribution in [-0.2, 0) is 16.4 Å². The molecule has 0 aliphatic rings. The van der Waals surface area contributed by atoms with E-state index in [1.54, 1.807) is 0 Å². The standard InChI is InChI=1S/C14H23ClN2O2S/c1-4-7-16-11-12-5-6-13(15)10-14(12)17(2)8-9-20(3,18)19/h5-6,10,16H,4,7-9,11H2,1-3H3. The highest BCUT2D eigenvalue weighted by Crippen LogP contribution is 2.24. The van der Waals surface area contributed by atoms with Crippen molar-refractivity contribution < 1.29 is 8.42 Å². The Morgan fingerprint density at radius 2 is 2.05 bits per heavy atom. The van der Waals surface area contributed by atoms with Crippen molar-refractivity contribution >= 4 is 27.1 Å². The van der Waals surface area contributed by atoms with Crippen LogP contribution in [0.25, 0.3) is 0 Å². The van der Waals surface area contributed by atoms with Crippen molar-refractivity contribution in [2.24, 2.45) is 0 Å². The van der Waals surface area contributed by atoms with Gasteiger partial charge in [0, 0.05) is 37.1 Å². The van der Waals surface area contributed by atoms with Crippen molar-refractivity contribution in [2.75, 3.05) is 37.0 Å². The second-order valence-corrected chi connectivity index (χ2v) is 7.70. The summed E-state index contributed by atoms with van der Waals surface area (Å²) in [4.78, 5) is 1.94. The maximum Gasteiger partial charge on any atom is 0.149 e. The Balaban J connectivity index is 2.82. The zero-order chi connectivity index (χ0) is 15.2. The molecule has 0 heterocycles. The summed E-state index contributed by atoms with van der Waals surface area (Å²) in [5.74, 6) is 0.137. The van der Waals surface area contributed by atoms with Crippen LogP contribution in [0, 0.1) is 0 Å². The molecule has 0 saturated carbocycles. The highest BCUT2D eigenvalue weighted by Gasteiger charge is 2.11. The first-order valence-electron chi connectivity index (χ1n) is 6.71. The van der Waals surface area contributed by atoms with Gasteiger partial charge < -0.3 is 10.2 Å². The molecule has 0 radical (unpaired) electrons. The van der Waals surface area contributed by atoms with E-state index >= 15 is 0 Å². The number of nitrogens with zero attached hydrogens (tertiary/aromatic N) is 1. The summed E-state index contributed by atoms with van der Waals surface area (Å²) in [7, 11) is -1.07. The number of anilines is 1. The first kappa shape index (κ1) is 17.3. The molecule has 0 aromatic heterocycles. The lowest BCUT2D eigenvalue weighted by atomic mass is 10.1. The van der Waals surface area contributed by atoms with Gasteiger partial charge in [0.05, 0.1) is 5.75 Å². The summed E-state index contributed by atoms with van der Waals surface area (Å²) in [5, 5.41) is 4.01. The van der Waals surface area contributed by atoms with E-state index in [-0.39, 0.29) is 5.75 Å². The lowest BCUT2D eigenvalue weighted by Gasteiger charge is -2.22. The largest absolute Gasteiger partial charge is 0.373 e. The summed E-state index contributed by atoms with van der Waals surface area (Å²) in [5.41, 5.74) is 2.10. The van der Waals surface area contributed by atoms with Gasteiger partial charge in [0.2, 0.25) is 0 Å². The maximum absolute atomic E-state index is 11.3. The van der Waals surface area contributed by atoms with Crippen LogP contribution in [0.5, 0.6) is 0 Å². The molecule has 0 fully saturated rings. The van der Waals surface area contributed by atoms with Gasteiger partial charge in [-0.25, -0.2) is 8.42 Å². The number of sulfone groups is 1. The zero-order valence-corrected chi connectivity index (χ0v) is 13.9. The molecule has 0 amide bonds. The smallest absolute Gasteiger partial charge is 0.149 e. The number of nitrogens with one attached hydrogen (secondary N) is 1. The van der Waals surface area contributed by atoms with Gasteiger partial charge in [-0.3, -0.25) is 0 Å². The van der Waals surface area contributed by atoms with Crippen molar-refractivity contribution in [1.82, 2.24) is 5.32 Å². The average molecular weight is 319 g/mol. The molecule has 0 aliphatic heterocycles. The van der Waals surface area contributed by atoms with Crippen LogP contribution in [0.1, 0.15) is 18.9 Å². The number of rotatable bonds is 8. The molecule has 6 heteroatoms. The summed E-state index contributed by atoms with van der Waals surface area (Å²) in [6.45, 7) is 4.28. The van der Waals surface area contributed by atoms with E-state index in [2.05, 4.69) is 12.2 Å². The number of hydrogen-bond donors (Lipinski definition) is 1. The molecular weight excluding hydrogens is 296 g/mol. The van der Waals surface area contributed by atoms with Crippen LogP contribution < -0.4 is 10.2 Å². The molecule has 0 spiro atoms. The van der Waals surface area contributed by atoms with Crippen LogP contribution >= 0.6 is 11.6 Å². The second-order valence-electron chi connectivity index (χ2n) is 5.00. The predicted molar refractivity (Wildman–Crippen MR) is 86.4 cm³/mol. The third-order valence-electron chi connectivity index (χ3n) is 3.00. The predicted octanol–water partition coefficient (Wildman–Crippen LogP) is 2.32. The SMILES string of the molecule is CCCNCc1ccc(Cl)cc1N(C)CCS(C)(=O)=O. The van der Waals surface area contributed by atoms with E-state index in [1.165, 1.54) is 6.26 Å². The van der Waals surface area contributed by atoms with Gasteiger partial charge in [0.15, 0.2) is 0 Å². The number of hydrogen-bond acceptors (Lipinski definition) is 4. The van der Waals surface area contributed by atoms with Crippen molar-refractivity contribution in [3.63, 3.8) is 0 Å². The monoisotopic (exact) mass is 318 g/mol. The fourth-order valence-electron chi connectivity index (χ4n) is 1.86. The van der Waals surface area contributed by atoms with E-state index in [4.69, 9.17) is 11.6 Å². The molecule has 0 atom stereocenters. The molecule has 1 aromatic rings. The fourth-order valence-corrected chi connectivity index (χ4v) is 2.64.